The van der Waals surface area contributed by atoms with Crippen LogP contribution in [-0.4, -0.2) is 31.1 Å². The van der Waals surface area contributed by atoms with Gasteiger partial charge in [0.15, 0.2) is 11.5 Å². The van der Waals surface area contributed by atoms with Crippen molar-refractivity contribution in [2.45, 2.75) is 70.3 Å². The van der Waals surface area contributed by atoms with E-state index in [1.165, 1.54) is 50.2 Å². The van der Waals surface area contributed by atoms with E-state index in [0.717, 1.165) is 29.1 Å². The number of amides is 4. The van der Waals surface area contributed by atoms with E-state index in [4.69, 9.17) is 9.47 Å². The van der Waals surface area contributed by atoms with Gasteiger partial charge in [0, 0.05) is 0 Å². The zero-order valence-corrected chi connectivity index (χ0v) is 22.9. The van der Waals surface area contributed by atoms with Crippen LogP contribution in [-0.2, 0) is 15.0 Å². The molecule has 1 saturated heterocycles. The molecular weight excluding hydrogens is 492 g/mol. The molecule has 1 aliphatic heterocycles. The third kappa shape index (κ3) is 4.62. The normalized spacial score (nSPS) is 29.5. The number of ether oxygens (including phenoxy) is 2. The molecule has 0 aromatic heterocycles. The number of nitrogens with one attached hydrogen (secondary N) is 1. The van der Waals surface area contributed by atoms with Crippen LogP contribution in [0.1, 0.15) is 69.9 Å². The highest BCUT2D eigenvalue weighted by Crippen LogP contribution is 2.60. The summed E-state index contributed by atoms with van der Waals surface area (Å²) in [6.07, 6.45) is 10.2. The Bertz CT molecular complexity index is 1310. The molecule has 0 spiro atoms. The van der Waals surface area contributed by atoms with Crippen LogP contribution in [0.5, 0.6) is 11.5 Å². The molecule has 7 rings (SSSR count). The molecule has 4 amide bonds. The molecule has 39 heavy (non-hydrogen) atoms. The van der Waals surface area contributed by atoms with Crippen molar-refractivity contribution in [3.8, 4) is 11.5 Å². The highest BCUT2D eigenvalue weighted by Gasteiger charge is 2.51. The van der Waals surface area contributed by atoms with Crippen molar-refractivity contribution >= 4 is 29.6 Å². The lowest BCUT2D eigenvalue weighted by Crippen LogP contribution is -2.54. The lowest BCUT2D eigenvalue weighted by molar-refractivity contribution is -0.122. The molecule has 4 bridgehead atoms. The molecule has 4 aliphatic carbocycles. The lowest BCUT2D eigenvalue weighted by Gasteiger charge is -2.57. The molecule has 5 aliphatic rings. The molecule has 0 unspecified atom stereocenters. The fraction of sp³-hybridized carbons (Fsp3) is 0.469. The molecule has 0 radical (unpaired) electrons. The van der Waals surface area contributed by atoms with E-state index in [1.807, 2.05) is 26.0 Å². The third-order valence-electron chi connectivity index (χ3n) is 9.28. The van der Waals surface area contributed by atoms with E-state index in [-0.39, 0.29) is 17.1 Å². The van der Waals surface area contributed by atoms with Crippen LogP contribution in [0.25, 0.3) is 6.08 Å². The predicted molar refractivity (Wildman–Crippen MR) is 149 cm³/mol. The van der Waals surface area contributed by atoms with Crippen LogP contribution in [0.3, 0.4) is 0 Å². The van der Waals surface area contributed by atoms with Crippen molar-refractivity contribution in [1.29, 1.82) is 0 Å². The quantitative estimate of drug-likeness (QED) is 0.352. The van der Waals surface area contributed by atoms with Gasteiger partial charge in [-0.1, -0.05) is 25.1 Å². The summed E-state index contributed by atoms with van der Waals surface area (Å²) in [4.78, 5) is 40.1. The number of urea groups is 1. The lowest BCUT2D eigenvalue weighted by atomic mass is 9.48. The van der Waals surface area contributed by atoms with Crippen molar-refractivity contribution in [1.82, 2.24) is 5.32 Å². The number of benzene rings is 2. The Hall–Kier alpha value is -3.61. The van der Waals surface area contributed by atoms with Crippen LogP contribution in [0, 0.1) is 17.8 Å². The van der Waals surface area contributed by atoms with Crippen LogP contribution in [0.4, 0.5) is 10.5 Å². The van der Waals surface area contributed by atoms with Crippen LogP contribution in [0.2, 0.25) is 0 Å². The van der Waals surface area contributed by atoms with E-state index < -0.39 is 17.8 Å². The number of imide groups is 2. The minimum Gasteiger partial charge on any atom is -0.493 e. The number of methoxy groups -OCH3 is 1. The molecule has 7 nitrogen and oxygen atoms in total. The summed E-state index contributed by atoms with van der Waals surface area (Å²) in [5, 5.41) is 2.33. The summed E-state index contributed by atoms with van der Waals surface area (Å²) in [5.41, 5.74) is 2.48. The van der Waals surface area contributed by atoms with Crippen LogP contribution >= 0.6 is 0 Å². The minimum atomic E-state index is -0.736. The number of hydrogen-bond acceptors (Lipinski definition) is 5. The average Bonchev–Trinajstić information content (AvgIpc) is 2.91. The van der Waals surface area contributed by atoms with Gasteiger partial charge in [0.25, 0.3) is 11.8 Å². The van der Waals surface area contributed by atoms with E-state index >= 15 is 0 Å². The van der Waals surface area contributed by atoms with Gasteiger partial charge in [0.1, 0.15) is 5.57 Å². The van der Waals surface area contributed by atoms with E-state index in [9.17, 15) is 14.4 Å². The first-order valence-corrected chi connectivity index (χ1v) is 14.1. The van der Waals surface area contributed by atoms with Gasteiger partial charge in [-0.15, -0.1) is 0 Å². The maximum Gasteiger partial charge on any atom is 0.335 e. The summed E-state index contributed by atoms with van der Waals surface area (Å²) in [7, 11) is 1.54. The molecule has 5 fully saturated rings. The third-order valence-corrected chi connectivity index (χ3v) is 9.28. The Balaban J connectivity index is 1.26. The molecule has 1 atom stereocenters. The van der Waals surface area contributed by atoms with Gasteiger partial charge in [0.2, 0.25) is 0 Å². The number of anilines is 1. The minimum absolute atomic E-state index is 0.0164. The molecule has 1 N–H and O–H groups in total. The first kappa shape index (κ1) is 25.7. The summed E-state index contributed by atoms with van der Waals surface area (Å²) in [6, 6.07) is 12.4. The second-order valence-corrected chi connectivity index (χ2v) is 11.9. The van der Waals surface area contributed by atoms with E-state index in [0.29, 0.717) is 22.7 Å². The molecule has 7 heteroatoms. The standard InChI is InChI=1S/C32H36N2O5/c1-4-19(2)39-27-10-5-20(15-28(27)38-3)14-26-29(35)33-31(37)34(30(26)36)25-8-6-24(7-9-25)32-16-21-11-22(17-32)13-23(12-21)18-32/h5-10,14-15,19,21-23H,4,11-13,16-18H2,1-3H3,(H,33,35,37)/b26-14+/t19-,21?,22?,23?,32?/m0/s1. The number of barbiturate groups is 1. The highest BCUT2D eigenvalue weighted by molar-refractivity contribution is 6.39. The zero-order valence-electron chi connectivity index (χ0n) is 22.9. The molecule has 2 aromatic rings. The Morgan fingerprint density at radius 1 is 0.974 bits per heavy atom. The van der Waals surface area contributed by atoms with E-state index in [2.05, 4.69) is 17.4 Å². The number of hydrogen-bond donors (Lipinski definition) is 1. The monoisotopic (exact) mass is 528 g/mol. The largest absolute Gasteiger partial charge is 0.493 e. The van der Waals surface area contributed by atoms with Crippen molar-refractivity contribution in [3.63, 3.8) is 0 Å². The second kappa shape index (κ2) is 9.85. The zero-order chi connectivity index (χ0) is 27.3. The van der Waals surface area contributed by atoms with Crippen LogP contribution < -0.4 is 19.7 Å². The van der Waals surface area contributed by atoms with Gasteiger partial charge in [-0.2, -0.15) is 0 Å². The summed E-state index contributed by atoms with van der Waals surface area (Å²) < 4.78 is 11.4. The van der Waals surface area contributed by atoms with Crippen molar-refractivity contribution in [3.05, 3.63) is 59.2 Å². The van der Waals surface area contributed by atoms with Gasteiger partial charge in [0.05, 0.1) is 18.9 Å². The first-order chi connectivity index (χ1) is 18.8. The average molecular weight is 529 g/mol. The Morgan fingerprint density at radius 3 is 2.21 bits per heavy atom. The molecule has 1 heterocycles. The van der Waals surface area contributed by atoms with Gasteiger partial charge in [-0.3, -0.25) is 14.9 Å². The molecule has 2 aromatic carbocycles. The summed E-state index contributed by atoms with van der Waals surface area (Å²) >= 11 is 0. The van der Waals surface area contributed by atoms with Gasteiger partial charge < -0.3 is 9.47 Å². The molecule has 204 valence electrons. The number of carbonyl (C=O) groups excluding carboxylic acids is 3. The first-order valence-electron chi connectivity index (χ1n) is 14.1. The van der Waals surface area contributed by atoms with Crippen molar-refractivity contribution in [2.75, 3.05) is 12.0 Å². The molecular formula is C32H36N2O5. The Morgan fingerprint density at radius 2 is 1.62 bits per heavy atom. The smallest absolute Gasteiger partial charge is 0.335 e. The Kier molecular flexibility index (Phi) is 6.48. The van der Waals surface area contributed by atoms with E-state index in [1.54, 1.807) is 25.3 Å². The maximum absolute atomic E-state index is 13.5. The highest BCUT2D eigenvalue weighted by atomic mass is 16.5. The number of rotatable bonds is 7. The van der Waals surface area contributed by atoms with Gasteiger partial charge in [-0.05, 0) is 117 Å². The maximum atomic E-state index is 13.5. The summed E-state index contributed by atoms with van der Waals surface area (Å²) in [6.45, 7) is 4.01. The predicted octanol–water partition coefficient (Wildman–Crippen LogP) is 6.01. The fourth-order valence-electron chi connectivity index (χ4n) is 7.66. The van der Waals surface area contributed by atoms with Crippen molar-refractivity contribution in [2.24, 2.45) is 17.8 Å². The van der Waals surface area contributed by atoms with Crippen molar-refractivity contribution < 1.29 is 23.9 Å². The topological polar surface area (TPSA) is 84.9 Å². The second-order valence-electron chi connectivity index (χ2n) is 11.9. The summed E-state index contributed by atoms with van der Waals surface area (Å²) in [5.74, 6) is 2.22. The van der Waals surface area contributed by atoms with Gasteiger partial charge >= 0.3 is 6.03 Å². The Labute approximate surface area is 229 Å². The molecule has 4 saturated carbocycles. The van der Waals surface area contributed by atoms with Crippen LogP contribution in [0.15, 0.2) is 48.0 Å². The fourth-order valence-corrected chi connectivity index (χ4v) is 7.66. The number of nitrogens with zero attached hydrogens (tertiary/aromatic N) is 1. The number of carbonyl (C=O) groups is 3. The van der Waals surface area contributed by atoms with Gasteiger partial charge in [-0.25, -0.2) is 9.69 Å². The SMILES string of the molecule is CC[C@H](C)Oc1ccc(/C=C2\C(=O)NC(=O)N(c3ccc(C45CC6CC(CC(C6)C4)C5)cc3)C2=O)cc1OC.